The molecule has 1 saturated carbocycles. The third-order valence-electron chi connectivity index (χ3n) is 3.66. The highest BCUT2D eigenvalue weighted by Crippen LogP contribution is 2.39. The van der Waals surface area contributed by atoms with Gasteiger partial charge in [-0.2, -0.15) is 0 Å². The van der Waals surface area contributed by atoms with Gasteiger partial charge in [0.25, 0.3) is 0 Å². The molecule has 0 aliphatic heterocycles. The molecule has 1 aromatic rings. The monoisotopic (exact) mass is 313 g/mol. The molecule has 1 atom stereocenters. The smallest absolute Gasteiger partial charge is 0.166 e. The van der Waals surface area contributed by atoms with Crippen LogP contribution in [0.3, 0.4) is 0 Å². The first kappa shape index (κ1) is 17.2. The highest BCUT2D eigenvalue weighted by molar-refractivity contribution is 6.30. The minimum atomic E-state index is -0.234. The van der Waals surface area contributed by atoms with Crippen molar-refractivity contribution >= 4 is 35.9 Å². The molecule has 0 radical (unpaired) electrons. The third-order valence-corrected chi connectivity index (χ3v) is 3.91. The average Bonchev–Trinajstić information content (AvgIpc) is 2.59. The summed E-state index contributed by atoms with van der Waals surface area (Å²) in [7, 11) is 4.03. The Balaban J connectivity index is 0.00000200. The molecule has 0 saturated heterocycles. The zero-order valence-corrected chi connectivity index (χ0v) is 13.7. The van der Waals surface area contributed by atoms with Crippen molar-refractivity contribution in [1.82, 2.24) is 4.90 Å². The summed E-state index contributed by atoms with van der Waals surface area (Å²) in [6.45, 7) is 2.88. The molecule has 1 aliphatic rings. The number of halogens is 2. The van der Waals surface area contributed by atoms with Gasteiger partial charge in [-0.1, -0.05) is 30.7 Å². The van der Waals surface area contributed by atoms with Crippen LogP contribution in [0.5, 0.6) is 0 Å². The topological polar surface area (TPSA) is 20.3 Å². The number of hydrogen-bond acceptors (Lipinski definition) is 2. The van der Waals surface area contributed by atoms with Gasteiger partial charge in [0, 0.05) is 17.0 Å². The molecule has 20 heavy (non-hydrogen) atoms. The maximum atomic E-state index is 12.5. The van der Waals surface area contributed by atoms with E-state index in [4.69, 9.17) is 11.6 Å². The fourth-order valence-corrected chi connectivity index (χ4v) is 2.90. The molecule has 4 heteroatoms. The van der Waals surface area contributed by atoms with E-state index in [0.29, 0.717) is 0 Å². The highest BCUT2D eigenvalue weighted by Gasteiger charge is 2.40. The first-order valence-electron chi connectivity index (χ1n) is 6.56. The van der Waals surface area contributed by atoms with Crippen LogP contribution >= 0.6 is 24.0 Å². The number of carbonyl (C=O) groups is 1. The predicted molar refractivity (Wildman–Crippen MR) is 87.6 cm³/mol. The molecule has 0 amide bonds. The molecule has 1 aromatic carbocycles. The molecule has 2 rings (SSSR count). The first-order valence-corrected chi connectivity index (χ1v) is 6.94. The molecule has 0 bridgehead atoms. The standard InChI is InChI=1S/C16H20ClNO.ClH/c1-16(11-18(2)3)9-8-13(15(16)19)10-12-4-6-14(17)7-5-12;/h4-7,10H,8-9,11H2,1-3H3;1H. The van der Waals surface area contributed by atoms with Crippen LogP contribution in [-0.2, 0) is 4.79 Å². The fourth-order valence-electron chi connectivity index (χ4n) is 2.77. The SMILES string of the molecule is CN(C)CC1(C)CCC(=Cc2ccc(Cl)cc2)C1=O.Cl. The third kappa shape index (κ3) is 3.85. The normalized spacial score (nSPS) is 24.2. The Labute approximate surface area is 132 Å². The molecule has 0 N–H and O–H groups in total. The van der Waals surface area contributed by atoms with Gasteiger partial charge < -0.3 is 4.90 Å². The summed E-state index contributed by atoms with van der Waals surface area (Å²) in [5, 5.41) is 0.720. The van der Waals surface area contributed by atoms with E-state index in [0.717, 1.165) is 35.5 Å². The number of nitrogens with zero attached hydrogens (tertiary/aromatic N) is 1. The lowest BCUT2D eigenvalue weighted by molar-refractivity contribution is -0.122. The molecule has 110 valence electrons. The van der Waals surface area contributed by atoms with E-state index < -0.39 is 0 Å². The van der Waals surface area contributed by atoms with Crippen molar-refractivity contribution in [2.45, 2.75) is 19.8 Å². The highest BCUT2D eigenvalue weighted by atomic mass is 35.5. The van der Waals surface area contributed by atoms with Crippen LogP contribution in [0.1, 0.15) is 25.3 Å². The van der Waals surface area contributed by atoms with E-state index in [1.54, 1.807) is 0 Å². The summed E-state index contributed by atoms with van der Waals surface area (Å²) in [5.41, 5.74) is 1.75. The largest absolute Gasteiger partial charge is 0.308 e. The van der Waals surface area contributed by atoms with Crippen molar-refractivity contribution in [2.24, 2.45) is 5.41 Å². The van der Waals surface area contributed by atoms with Gasteiger partial charge in [0.1, 0.15) is 0 Å². The summed E-state index contributed by atoms with van der Waals surface area (Å²) in [5.74, 6) is 0.288. The van der Waals surface area contributed by atoms with E-state index >= 15 is 0 Å². The lowest BCUT2D eigenvalue weighted by Gasteiger charge is -2.25. The minimum absolute atomic E-state index is 0. The number of carbonyl (C=O) groups excluding carboxylic acids is 1. The van der Waals surface area contributed by atoms with Crippen molar-refractivity contribution in [3.63, 3.8) is 0 Å². The zero-order chi connectivity index (χ0) is 14.0. The number of Topliss-reactive ketones (excluding diaryl/α,β-unsaturated/α-hetero) is 1. The van der Waals surface area contributed by atoms with Crippen LogP contribution in [0.2, 0.25) is 5.02 Å². The number of benzene rings is 1. The first-order chi connectivity index (χ1) is 8.90. The van der Waals surface area contributed by atoms with Crippen molar-refractivity contribution < 1.29 is 4.79 Å². The number of ketones is 1. The van der Waals surface area contributed by atoms with E-state index in [1.807, 2.05) is 44.4 Å². The van der Waals surface area contributed by atoms with Crippen LogP contribution in [0.15, 0.2) is 29.8 Å². The quantitative estimate of drug-likeness (QED) is 0.784. The molecular weight excluding hydrogens is 293 g/mol. The van der Waals surface area contributed by atoms with Gasteiger partial charge in [-0.05, 0) is 56.3 Å². The molecular formula is C16H21Cl2NO. The van der Waals surface area contributed by atoms with E-state index in [1.165, 1.54) is 0 Å². The van der Waals surface area contributed by atoms with Gasteiger partial charge in [0.15, 0.2) is 5.78 Å². The fraction of sp³-hybridized carbons (Fsp3) is 0.438. The lowest BCUT2D eigenvalue weighted by atomic mass is 9.86. The van der Waals surface area contributed by atoms with Crippen molar-refractivity contribution in [3.05, 3.63) is 40.4 Å². The van der Waals surface area contributed by atoms with Crippen LogP contribution in [0.4, 0.5) is 0 Å². The van der Waals surface area contributed by atoms with Gasteiger partial charge in [0.2, 0.25) is 0 Å². The molecule has 1 fully saturated rings. The molecule has 2 nitrogen and oxygen atoms in total. The second kappa shape index (κ2) is 6.75. The maximum Gasteiger partial charge on any atom is 0.166 e. The summed E-state index contributed by atoms with van der Waals surface area (Å²) in [6, 6.07) is 7.60. The second-order valence-electron chi connectivity index (χ2n) is 5.85. The molecule has 0 heterocycles. The summed E-state index contributed by atoms with van der Waals surface area (Å²) in [4.78, 5) is 14.6. The Hall–Kier alpha value is -0.830. The van der Waals surface area contributed by atoms with E-state index in [2.05, 4.69) is 11.8 Å². The van der Waals surface area contributed by atoms with Crippen molar-refractivity contribution in [3.8, 4) is 0 Å². The minimum Gasteiger partial charge on any atom is -0.308 e. The maximum absolute atomic E-state index is 12.5. The number of rotatable bonds is 3. The Morgan fingerprint density at radius 1 is 1.30 bits per heavy atom. The Morgan fingerprint density at radius 2 is 1.90 bits per heavy atom. The predicted octanol–water partition coefficient (Wildman–Crippen LogP) is 4.08. The molecule has 0 spiro atoms. The van der Waals surface area contributed by atoms with Crippen LogP contribution < -0.4 is 0 Å². The van der Waals surface area contributed by atoms with Crippen molar-refractivity contribution in [2.75, 3.05) is 20.6 Å². The zero-order valence-electron chi connectivity index (χ0n) is 12.1. The van der Waals surface area contributed by atoms with E-state index in [9.17, 15) is 4.79 Å². The van der Waals surface area contributed by atoms with Crippen molar-refractivity contribution in [1.29, 1.82) is 0 Å². The van der Waals surface area contributed by atoms with Crippen LogP contribution in [0.25, 0.3) is 6.08 Å². The Kier molecular flexibility index (Phi) is 5.81. The summed E-state index contributed by atoms with van der Waals surface area (Å²) < 4.78 is 0. The Bertz CT molecular complexity index is 508. The van der Waals surface area contributed by atoms with Crippen LogP contribution in [0, 0.1) is 5.41 Å². The van der Waals surface area contributed by atoms with Gasteiger partial charge in [0.05, 0.1) is 0 Å². The van der Waals surface area contributed by atoms with Gasteiger partial charge in [-0.15, -0.1) is 12.4 Å². The summed E-state index contributed by atoms with van der Waals surface area (Å²) >= 11 is 5.87. The molecule has 0 aromatic heterocycles. The lowest BCUT2D eigenvalue weighted by Crippen LogP contribution is -2.34. The number of allylic oxidation sites excluding steroid dienone is 1. The molecule has 1 unspecified atom stereocenters. The second-order valence-corrected chi connectivity index (χ2v) is 6.29. The van der Waals surface area contributed by atoms with Gasteiger partial charge in [-0.3, -0.25) is 4.79 Å². The summed E-state index contributed by atoms with van der Waals surface area (Å²) in [6.07, 6.45) is 3.80. The Morgan fingerprint density at radius 3 is 2.45 bits per heavy atom. The van der Waals surface area contributed by atoms with Gasteiger partial charge in [-0.25, -0.2) is 0 Å². The molecule has 1 aliphatic carbocycles. The van der Waals surface area contributed by atoms with Crippen LogP contribution in [-0.4, -0.2) is 31.3 Å². The average molecular weight is 314 g/mol. The number of hydrogen-bond donors (Lipinski definition) is 0. The van der Waals surface area contributed by atoms with Gasteiger partial charge >= 0.3 is 0 Å². The van der Waals surface area contributed by atoms with E-state index in [-0.39, 0.29) is 23.6 Å².